The van der Waals surface area contributed by atoms with Gasteiger partial charge in [-0.2, -0.15) is 0 Å². The third-order valence-electron chi connectivity index (χ3n) is 5.48. The van der Waals surface area contributed by atoms with Gasteiger partial charge in [-0.3, -0.25) is 0 Å². The summed E-state index contributed by atoms with van der Waals surface area (Å²) in [6.45, 7) is 9.24. The lowest BCUT2D eigenvalue weighted by Crippen LogP contribution is -2.18. The number of rotatable bonds is 2. The highest BCUT2D eigenvalue weighted by Gasteiger charge is 2.37. The summed E-state index contributed by atoms with van der Waals surface area (Å²) in [5.41, 5.74) is 11.2. The summed E-state index contributed by atoms with van der Waals surface area (Å²) in [7, 11) is 0. The highest BCUT2D eigenvalue weighted by molar-refractivity contribution is 5.85. The molecule has 0 heterocycles. The molecule has 2 radical (unpaired) electrons. The van der Waals surface area contributed by atoms with E-state index in [0.717, 1.165) is 0 Å². The molecule has 2 aliphatic carbocycles. The first kappa shape index (κ1) is 14.5. The number of hydrogen-bond donors (Lipinski definition) is 0. The van der Waals surface area contributed by atoms with E-state index in [-0.39, 0.29) is 5.41 Å². The smallest absolute Gasteiger partial charge is 0.0176 e. The van der Waals surface area contributed by atoms with Gasteiger partial charge < -0.3 is 0 Å². The summed E-state index contributed by atoms with van der Waals surface area (Å²) in [6.07, 6.45) is 4.75. The largest absolute Gasteiger partial charge is 0.0619 e. The van der Waals surface area contributed by atoms with Gasteiger partial charge in [0.15, 0.2) is 0 Å². The van der Waals surface area contributed by atoms with Gasteiger partial charge in [0, 0.05) is 18.3 Å². The maximum atomic E-state index is 2.38. The van der Waals surface area contributed by atoms with Gasteiger partial charge in [-0.05, 0) is 58.4 Å². The van der Waals surface area contributed by atoms with E-state index < -0.39 is 0 Å². The summed E-state index contributed by atoms with van der Waals surface area (Å²) in [6, 6.07) is 17.4. The minimum atomic E-state index is 0.00616. The highest BCUT2D eigenvalue weighted by atomic mass is 14.4. The van der Waals surface area contributed by atoms with Crippen LogP contribution >= 0.6 is 0 Å². The Hall–Kier alpha value is -2.08. The second-order valence-electron chi connectivity index (χ2n) is 7.17. The van der Waals surface area contributed by atoms with Crippen LogP contribution in [0.25, 0.3) is 11.1 Å². The number of fused-ring (bicyclic) bond motifs is 2. The Balaban J connectivity index is 1.79. The van der Waals surface area contributed by atoms with Crippen LogP contribution in [0.2, 0.25) is 0 Å². The molecular weight excluding hydrogens is 276 g/mol. The molecule has 23 heavy (non-hydrogen) atoms. The van der Waals surface area contributed by atoms with Gasteiger partial charge >= 0.3 is 0 Å². The van der Waals surface area contributed by atoms with Crippen LogP contribution in [0, 0.1) is 18.3 Å². The maximum absolute atomic E-state index is 2.38. The Bertz CT molecular complexity index is 788. The predicted molar refractivity (Wildman–Crippen MR) is 98.7 cm³/mol. The Kier molecular flexibility index (Phi) is 3.13. The monoisotopic (exact) mass is 298 g/mol. The summed E-state index contributed by atoms with van der Waals surface area (Å²) in [5, 5.41) is 0. The molecule has 0 fully saturated rings. The molecule has 0 atom stereocenters. The second-order valence-corrected chi connectivity index (χ2v) is 7.17. The van der Waals surface area contributed by atoms with Crippen LogP contribution in [0.1, 0.15) is 49.9 Å². The first-order valence-corrected chi connectivity index (χ1v) is 8.31. The van der Waals surface area contributed by atoms with E-state index in [4.69, 9.17) is 0 Å². The molecule has 114 valence electrons. The van der Waals surface area contributed by atoms with Crippen molar-refractivity contribution in [2.45, 2.75) is 27.7 Å². The van der Waals surface area contributed by atoms with Crippen molar-refractivity contribution < 1.29 is 0 Å². The molecule has 0 nitrogen and oxygen atoms in total. The van der Waals surface area contributed by atoms with E-state index in [1.54, 1.807) is 0 Å². The zero-order chi connectivity index (χ0) is 16.2. The van der Waals surface area contributed by atoms with Crippen molar-refractivity contribution in [2.24, 2.45) is 5.41 Å². The van der Waals surface area contributed by atoms with Gasteiger partial charge in [0.05, 0.1) is 0 Å². The fraction of sp³-hybridized carbons (Fsp3) is 0.217. The normalized spacial score (nSPS) is 16.9. The molecule has 2 aromatic rings. The minimum Gasteiger partial charge on any atom is -0.0619 e. The zero-order valence-electron chi connectivity index (χ0n) is 14.3. The number of allylic oxidation sites excluding steroid dienone is 4. The van der Waals surface area contributed by atoms with Crippen molar-refractivity contribution in [1.29, 1.82) is 0 Å². The fourth-order valence-electron chi connectivity index (χ4n) is 4.19. The molecule has 0 bridgehead atoms. The van der Waals surface area contributed by atoms with Gasteiger partial charge in [0.1, 0.15) is 0 Å². The zero-order valence-corrected chi connectivity index (χ0v) is 14.3. The van der Waals surface area contributed by atoms with Crippen LogP contribution in [0.4, 0.5) is 0 Å². The third kappa shape index (κ3) is 2.05. The molecule has 0 heteroatoms. The molecule has 0 amide bonds. The summed E-state index contributed by atoms with van der Waals surface area (Å²) >= 11 is 0. The number of benzene rings is 2. The SMILES string of the molecule is CC1=C(C(C)(C)C2=C(C)c3ccccc3[CH]2)[CH]c2ccccc21. The average Bonchev–Trinajstić information content (AvgIpc) is 3.07. The second kappa shape index (κ2) is 4.96. The van der Waals surface area contributed by atoms with Gasteiger partial charge in [-0.1, -0.05) is 62.4 Å². The third-order valence-corrected chi connectivity index (χ3v) is 5.48. The lowest BCUT2D eigenvalue weighted by atomic mass is 9.73. The topological polar surface area (TPSA) is 0 Å². The van der Waals surface area contributed by atoms with Crippen LogP contribution in [-0.4, -0.2) is 0 Å². The summed E-state index contributed by atoms with van der Waals surface area (Å²) < 4.78 is 0. The van der Waals surface area contributed by atoms with Gasteiger partial charge in [-0.25, -0.2) is 0 Å². The van der Waals surface area contributed by atoms with E-state index in [1.165, 1.54) is 44.5 Å². The highest BCUT2D eigenvalue weighted by Crippen LogP contribution is 2.52. The Labute approximate surface area is 139 Å². The molecule has 4 rings (SSSR count). The van der Waals surface area contributed by atoms with Crippen LogP contribution < -0.4 is 0 Å². The van der Waals surface area contributed by atoms with E-state index in [2.05, 4.69) is 89.1 Å². The van der Waals surface area contributed by atoms with E-state index in [1.807, 2.05) is 0 Å². The lowest BCUT2D eigenvalue weighted by molar-refractivity contribution is 0.560. The molecule has 0 N–H and O–H groups in total. The number of hydrogen-bond acceptors (Lipinski definition) is 0. The quantitative estimate of drug-likeness (QED) is 0.629. The van der Waals surface area contributed by atoms with Crippen LogP contribution in [0.3, 0.4) is 0 Å². The van der Waals surface area contributed by atoms with Crippen molar-refractivity contribution in [3.05, 3.63) is 94.8 Å². The van der Waals surface area contributed by atoms with E-state index in [9.17, 15) is 0 Å². The van der Waals surface area contributed by atoms with Crippen molar-refractivity contribution in [2.75, 3.05) is 0 Å². The van der Waals surface area contributed by atoms with Gasteiger partial charge in [0.2, 0.25) is 0 Å². The Morgan fingerprint density at radius 3 is 1.39 bits per heavy atom. The van der Waals surface area contributed by atoms with Crippen LogP contribution in [0.5, 0.6) is 0 Å². The van der Waals surface area contributed by atoms with Crippen molar-refractivity contribution in [3.63, 3.8) is 0 Å². The first-order valence-electron chi connectivity index (χ1n) is 8.31. The van der Waals surface area contributed by atoms with E-state index in [0.29, 0.717) is 0 Å². The molecule has 0 aliphatic heterocycles. The predicted octanol–water partition coefficient (Wildman–Crippen LogP) is 6.09. The average molecular weight is 298 g/mol. The summed E-state index contributed by atoms with van der Waals surface area (Å²) in [5.74, 6) is 0. The first-order chi connectivity index (χ1) is 11.0. The molecule has 0 saturated carbocycles. The van der Waals surface area contributed by atoms with Crippen LogP contribution in [-0.2, 0) is 0 Å². The molecule has 0 unspecified atom stereocenters. The lowest BCUT2D eigenvalue weighted by Gasteiger charge is -2.30. The Morgan fingerprint density at radius 2 is 1.00 bits per heavy atom. The standard InChI is InChI=1S/C23H22/c1-15-19-11-7-5-9-17(19)13-21(15)23(3,4)22-14-18-10-6-8-12-20(18)16(22)2/h5-14H,1-4H3. The van der Waals surface area contributed by atoms with Gasteiger partial charge in [0.25, 0.3) is 0 Å². The van der Waals surface area contributed by atoms with E-state index >= 15 is 0 Å². The fourth-order valence-corrected chi connectivity index (χ4v) is 4.19. The molecule has 0 spiro atoms. The van der Waals surface area contributed by atoms with Gasteiger partial charge in [-0.15, -0.1) is 0 Å². The van der Waals surface area contributed by atoms with Crippen LogP contribution in [0.15, 0.2) is 59.7 Å². The molecule has 2 aromatic carbocycles. The molecular formula is C23H22. The molecule has 2 aliphatic rings. The van der Waals surface area contributed by atoms with Crippen molar-refractivity contribution in [3.8, 4) is 0 Å². The molecule has 0 saturated heterocycles. The summed E-state index contributed by atoms with van der Waals surface area (Å²) in [4.78, 5) is 0. The van der Waals surface area contributed by atoms with Crippen molar-refractivity contribution in [1.82, 2.24) is 0 Å². The van der Waals surface area contributed by atoms with Crippen molar-refractivity contribution >= 4 is 11.1 Å². The maximum Gasteiger partial charge on any atom is 0.0176 e. The molecule has 0 aromatic heterocycles. The minimum absolute atomic E-state index is 0.00616. The Morgan fingerprint density at radius 1 is 0.609 bits per heavy atom.